The zero-order valence-corrected chi connectivity index (χ0v) is 12.0. The van der Waals surface area contributed by atoms with Crippen molar-refractivity contribution in [3.05, 3.63) is 52.3 Å². The standard InChI is InChI=1S/C15H14ClNO3/c1-10-3-5-15(13(8-18)17-10)20-9-11-7-12(16)4-6-14(11)19-2/h3-8H,9H2,1-2H3. The van der Waals surface area contributed by atoms with Crippen LogP contribution in [-0.2, 0) is 6.61 Å². The lowest BCUT2D eigenvalue weighted by atomic mass is 10.2. The highest BCUT2D eigenvalue weighted by Gasteiger charge is 2.08. The van der Waals surface area contributed by atoms with E-state index in [1.807, 2.05) is 6.92 Å². The molecule has 0 fully saturated rings. The molecule has 0 atom stereocenters. The third-order valence-corrected chi connectivity index (χ3v) is 3.00. The van der Waals surface area contributed by atoms with Gasteiger partial charge in [-0.25, -0.2) is 4.98 Å². The molecule has 0 saturated heterocycles. The van der Waals surface area contributed by atoms with Crippen molar-refractivity contribution in [1.82, 2.24) is 4.98 Å². The summed E-state index contributed by atoms with van der Waals surface area (Å²) in [5.41, 5.74) is 1.85. The third kappa shape index (κ3) is 3.27. The fourth-order valence-corrected chi connectivity index (χ4v) is 1.98. The number of aryl methyl sites for hydroxylation is 1. The number of nitrogens with zero attached hydrogens (tertiary/aromatic N) is 1. The van der Waals surface area contributed by atoms with Crippen LogP contribution >= 0.6 is 11.6 Å². The molecule has 1 heterocycles. The van der Waals surface area contributed by atoms with Gasteiger partial charge in [0.15, 0.2) is 6.29 Å². The first kappa shape index (κ1) is 14.3. The number of hydrogen-bond acceptors (Lipinski definition) is 4. The predicted octanol–water partition coefficient (Wildman–Crippen LogP) is 3.44. The van der Waals surface area contributed by atoms with Crippen molar-refractivity contribution in [3.8, 4) is 11.5 Å². The van der Waals surface area contributed by atoms with Crippen molar-refractivity contribution in [2.75, 3.05) is 7.11 Å². The number of hydrogen-bond donors (Lipinski definition) is 0. The molecule has 0 spiro atoms. The Morgan fingerprint density at radius 1 is 1.25 bits per heavy atom. The van der Waals surface area contributed by atoms with Gasteiger partial charge in [0.05, 0.1) is 7.11 Å². The molecule has 0 bridgehead atoms. The lowest BCUT2D eigenvalue weighted by Gasteiger charge is -2.11. The summed E-state index contributed by atoms with van der Waals surface area (Å²) in [4.78, 5) is 15.1. The van der Waals surface area contributed by atoms with Crippen LogP contribution in [0.2, 0.25) is 5.02 Å². The van der Waals surface area contributed by atoms with Gasteiger partial charge < -0.3 is 9.47 Å². The molecule has 104 valence electrons. The number of methoxy groups -OCH3 is 1. The van der Waals surface area contributed by atoms with E-state index in [-0.39, 0.29) is 12.3 Å². The number of aldehydes is 1. The summed E-state index contributed by atoms with van der Waals surface area (Å²) in [6, 6.07) is 8.80. The highest BCUT2D eigenvalue weighted by molar-refractivity contribution is 6.30. The molecule has 0 amide bonds. The first-order valence-corrected chi connectivity index (χ1v) is 6.40. The monoisotopic (exact) mass is 291 g/mol. The second-order valence-electron chi connectivity index (χ2n) is 4.20. The van der Waals surface area contributed by atoms with E-state index < -0.39 is 0 Å². The van der Waals surface area contributed by atoms with Gasteiger partial charge in [0.25, 0.3) is 0 Å². The van der Waals surface area contributed by atoms with E-state index in [0.29, 0.717) is 22.8 Å². The third-order valence-electron chi connectivity index (χ3n) is 2.76. The maximum absolute atomic E-state index is 11.0. The Labute approximate surface area is 122 Å². The van der Waals surface area contributed by atoms with E-state index in [2.05, 4.69) is 4.98 Å². The zero-order valence-electron chi connectivity index (χ0n) is 11.2. The Hall–Kier alpha value is -2.07. The van der Waals surface area contributed by atoms with Gasteiger partial charge in [-0.15, -0.1) is 0 Å². The molecular formula is C15H14ClNO3. The molecule has 0 aliphatic carbocycles. The average Bonchev–Trinajstić information content (AvgIpc) is 2.46. The maximum Gasteiger partial charge on any atom is 0.172 e. The average molecular weight is 292 g/mol. The molecule has 20 heavy (non-hydrogen) atoms. The summed E-state index contributed by atoms with van der Waals surface area (Å²) < 4.78 is 10.9. The van der Waals surface area contributed by atoms with Crippen molar-refractivity contribution in [3.63, 3.8) is 0 Å². The number of ether oxygens (including phenoxy) is 2. The van der Waals surface area contributed by atoms with E-state index in [0.717, 1.165) is 11.3 Å². The molecule has 0 aliphatic heterocycles. The molecule has 0 aliphatic rings. The molecule has 1 aromatic heterocycles. The molecule has 0 unspecified atom stereocenters. The summed E-state index contributed by atoms with van der Waals surface area (Å²) in [7, 11) is 1.58. The Bertz CT molecular complexity index is 629. The van der Waals surface area contributed by atoms with Crippen molar-refractivity contribution in [2.45, 2.75) is 13.5 Å². The van der Waals surface area contributed by atoms with Gasteiger partial charge in [0.1, 0.15) is 23.8 Å². The fourth-order valence-electron chi connectivity index (χ4n) is 1.79. The van der Waals surface area contributed by atoms with Crippen LogP contribution in [0.4, 0.5) is 0 Å². The molecule has 4 nitrogen and oxygen atoms in total. The Kier molecular flexibility index (Phi) is 4.58. The van der Waals surface area contributed by atoms with Crippen molar-refractivity contribution < 1.29 is 14.3 Å². The maximum atomic E-state index is 11.0. The van der Waals surface area contributed by atoms with Crippen LogP contribution < -0.4 is 9.47 Å². The summed E-state index contributed by atoms with van der Waals surface area (Å²) >= 11 is 5.96. The van der Waals surface area contributed by atoms with Crippen LogP contribution in [0.25, 0.3) is 0 Å². The summed E-state index contributed by atoms with van der Waals surface area (Å²) in [6.07, 6.45) is 0.678. The van der Waals surface area contributed by atoms with Gasteiger partial charge in [0, 0.05) is 16.3 Å². The number of carbonyl (C=O) groups excluding carboxylic acids is 1. The minimum absolute atomic E-state index is 0.245. The van der Waals surface area contributed by atoms with E-state index in [1.165, 1.54) is 0 Å². The highest BCUT2D eigenvalue weighted by atomic mass is 35.5. The van der Waals surface area contributed by atoms with Crippen LogP contribution in [0.5, 0.6) is 11.5 Å². The van der Waals surface area contributed by atoms with Crippen LogP contribution in [0, 0.1) is 6.92 Å². The number of rotatable bonds is 5. The first-order chi connectivity index (χ1) is 9.63. The van der Waals surface area contributed by atoms with Gasteiger partial charge in [0.2, 0.25) is 0 Å². The second-order valence-corrected chi connectivity index (χ2v) is 4.64. The molecule has 0 saturated carbocycles. The quantitative estimate of drug-likeness (QED) is 0.792. The van der Waals surface area contributed by atoms with Crippen molar-refractivity contribution in [2.24, 2.45) is 0 Å². The number of benzene rings is 1. The van der Waals surface area contributed by atoms with Crippen LogP contribution in [-0.4, -0.2) is 18.4 Å². The van der Waals surface area contributed by atoms with Crippen LogP contribution in [0.1, 0.15) is 21.7 Å². The number of aromatic nitrogens is 1. The number of halogens is 1. The predicted molar refractivity (Wildman–Crippen MR) is 76.7 cm³/mol. The smallest absolute Gasteiger partial charge is 0.172 e. The summed E-state index contributed by atoms with van der Waals surface area (Å²) in [5, 5.41) is 0.599. The largest absolute Gasteiger partial charge is 0.496 e. The minimum Gasteiger partial charge on any atom is -0.496 e. The lowest BCUT2D eigenvalue weighted by molar-refractivity contribution is 0.111. The molecule has 0 radical (unpaired) electrons. The second kappa shape index (κ2) is 6.39. The lowest BCUT2D eigenvalue weighted by Crippen LogP contribution is -2.02. The Morgan fingerprint density at radius 2 is 2.00 bits per heavy atom. The summed E-state index contributed by atoms with van der Waals surface area (Å²) in [5.74, 6) is 1.12. The summed E-state index contributed by atoms with van der Waals surface area (Å²) in [6.45, 7) is 2.06. The topological polar surface area (TPSA) is 48.4 Å². The molecule has 2 rings (SSSR count). The first-order valence-electron chi connectivity index (χ1n) is 6.02. The Balaban J connectivity index is 2.20. The van der Waals surface area contributed by atoms with E-state index >= 15 is 0 Å². The molecule has 0 N–H and O–H groups in total. The van der Waals surface area contributed by atoms with Crippen molar-refractivity contribution in [1.29, 1.82) is 0 Å². The zero-order chi connectivity index (χ0) is 14.5. The van der Waals surface area contributed by atoms with Crippen LogP contribution in [0.15, 0.2) is 30.3 Å². The van der Waals surface area contributed by atoms with Gasteiger partial charge in [-0.1, -0.05) is 11.6 Å². The van der Waals surface area contributed by atoms with Crippen molar-refractivity contribution >= 4 is 17.9 Å². The molecule has 2 aromatic rings. The van der Waals surface area contributed by atoms with Gasteiger partial charge >= 0.3 is 0 Å². The van der Waals surface area contributed by atoms with Gasteiger partial charge in [-0.05, 0) is 37.3 Å². The van der Waals surface area contributed by atoms with Gasteiger partial charge in [-0.2, -0.15) is 0 Å². The molecule has 1 aromatic carbocycles. The number of pyridine rings is 1. The van der Waals surface area contributed by atoms with E-state index in [4.69, 9.17) is 21.1 Å². The highest BCUT2D eigenvalue weighted by Crippen LogP contribution is 2.25. The fraction of sp³-hybridized carbons (Fsp3) is 0.200. The molecular weight excluding hydrogens is 278 g/mol. The van der Waals surface area contributed by atoms with E-state index in [1.54, 1.807) is 37.4 Å². The minimum atomic E-state index is 0.245. The van der Waals surface area contributed by atoms with E-state index in [9.17, 15) is 4.79 Å². The SMILES string of the molecule is COc1ccc(Cl)cc1COc1ccc(C)nc1C=O. The Morgan fingerprint density at radius 3 is 2.70 bits per heavy atom. The molecule has 5 heteroatoms. The van der Waals surface area contributed by atoms with Crippen LogP contribution in [0.3, 0.4) is 0 Å². The normalized spacial score (nSPS) is 10.2. The number of carbonyl (C=O) groups is 1. The van der Waals surface area contributed by atoms with Gasteiger partial charge in [-0.3, -0.25) is 4.79 Å².